The molecular formula is C10H16N2O. The highest BCUT2D eigenvalue weighted by Crippen LogP contribution is 2.05. The summed E-state index contributed by atoms with van der Waals surface area (Å²) < 4.78 is 1.85. The predicted octanol–water partition coefficient (Wildman–Crippen LogP) is 1.47. The van der Waals surface area contributed by atoms with E-state index in [1.54, 1.807) is 0 Å². The van der Waals surface area contributed by atoms with Gasteiger partial charge in [-0.1, -0.05) is 6.92 Å². The van der Waals surface area contributed by atoms with Gasteiger partial charge in [-0.25, -0.2) is 0 Å². The van der Waals surface area contributed by atoms with E-state index in [9.17, 15) is 4.79 Å². The van der Waals surface area contributed by atoms with Crippen LogP contribution in [0.3, 0.4) is 0 Å². The molecule has 1 amide bonds. The van der Waals surface area contributed by atoms with E-state index in [0.717, 1.165) is 24.2 Å². The summed E-state index contributed by atoms with van der Waals surface area (Å²) in [5, 5.41) is 2.84. The number of aromatic nitrogens is 1. The highest BCUT2D eigenvalue weighted by atomic mass is 16.1. The number of nitrogens with one attached hydrogen (secondary N) is 1. The van der Waals surface area contributed by atoms with Gasteiger partial charge in [-0.3, -0.25) is 4.79 Å². The summed E-state index contributed by atoms with van der Waals surface area (Å²) in [5.74, 6) is 0.0115. The summed E-state index contributed by atoms with van der Waals surface area (Å²) in [5.41, 5.74) is 1.84. The van der Waals surface area contributed by atoms with Crippen LogP contribution in [0, 0.1) is 6.92 Å². The van der Waals surface area contributed by atoms with Crippen molar-refractivity contribution in [1.82, 2.24) is 9.88 Å². The first-order valence-electron chi connectivity index (χ1n) is 4.56. The second-order valence-corrected chi connectivity index (χ2v) is 3.27. The molecule has 0 fully saturated rings. The number of hydrogen-bond donors (Lipinski definition) is 1. The SMILES string of the molecule is CCCNC(=O)c1cc(C)cn1C. The van der Waals surface area contributed by atoms with Crippen LogP contribution >= 0.6 is 0 Å². The van der Waals surface area contributed by atoms with Gasteiger partial charge in [-0.2, -0.15) is 0 Å². The number of aryl methyl sites for hydroxylation is 2. The molecule has 0 radical (unpaired) electrons. The Morgan fingerprint density at radius 2 is 2.31 bits per heavy atom. The zero-order valence-corrected chi connectivity index (χ0v) is 8.42. The third kappa shape index (κ3) is 2.34. The standard InChI is InChI=1S/C10H16N2O/c1-4-5-11-10(13)9-6-8(2)7-12(9)3/h6-7H,4-5H2,1-3H3,(H,11,13). The minimum Gasteiger partial charge on any atom is -0.351 e. The van der Waals surface area contributed by atoms with E-state index in [2.05, 4.69) is 5.32 Å². The van der Waals surface area contributed by atoms with Crippen LogP contribution in [0.1, 0.15) is 29.4 Å². The molecule has 0 bridgehead atoms. The van der Waals surface area contributed by atoms with Crippen molar-refractivity contribution < 1.29 is 4.79 Å². The van der Waals surface area contributed by atoms with Crippen LogP contribution in [-0.4, -0.2) is 17.0 Å². The van der Waals surface area contributed by atoms with Gasteiger partial charge in [-0.15, -0.1) is 0 Å². The first kappa shape index (κ1) is 9.84. The van der Waals surface area contributed by atoms with Gasteiger partial charge in [0, 0.05) is 19.8 Å². The summed E-state index contributed by atoms with van der Waals surface area (Å²) in [6.45, 7) is 4.76. The molecule has 0 aliphatic heterocycles. The Kier molecular flexibility index (Phi) is 3.12. The van der Waals surface area contributed by atoms with E-state index >= 15 is 0 Å². The molecule has 1 rings (SSSR count). The molecule has 3 heteroatoms. The maximum absolute atomic E-state index is 11.5. The van der Waals surface area contributed by atoms with Crippen molar-refractivity contribution in [1.29, 1.82) is 0 Å². The fourth-order valence-electron chi connectivity index (χ4n) is 1.28. The first-order chi connectivity index (χ1) is 6.15. The van der Waals surface area contributed by atoms with Gasteiger partial charge in [0.1, 0.15) is 5.69 Å². The van der Waals surface area contributed by atoms with E-state index in [4.69, 9.17) is 0 Å². The lowest BCUT2D eigenvalue weighted by atomic mass is 10.3. The lowest BCUT2D eigenvalue weighted by Gasteiger charge is -2.03. The third-order valence-corrected chi connectivity index (χ3v) is 1.91. The van der Waals surface area contributed by atoms with Crippen molar-refractivity contribution in [2.24, 2.45) is 7.05 Å². The van der Waals surface area contributed by atoms with Gasteiger partial charge in [0.15, 0.2) is 0 Å². The van der Waals surface area contributed by atoms with Crippen LogP contribution in [-0.2, 0) is 7.05 Å². The molecule has 1 aromatic rings. The first-order valence-corrected chi connectivity index (χ1v) is 4.56. The Morgan fingerprint density at radius 3 is 2.77 bits per heavy atom. The van der Waals surface area contributed by atoms with E-state index in [-0.39, 0.29) is 5.91 Å². The van der Waals surface area contributed by atoms with Gasteiger partial charge < -0.3 is 9.88 Å². The molecule has 1 N–H and O–H groups in total. The lowest BCUT2D eigenvalue weighted by molar-refractivity contribution is 0.0945. The predicted molar refractivity (Wildman–Crippen MR) is 52.8 cm³/mol. The molecule has 0 aliphatic carbocycles. The van der Waals surface area contributed by atoms with Crippen molar-refractivity contribution in [3.63, 3.8) is 0 Å². The maximum Gasteiger partial charge on any atom is 0.267 e. The quantitative estimate of drug-likeness (QED) is 0.751. The summed E-state index contributed by atoms with van der Waals surface area (Å²) in [6.07, 6.45) is 2.91. The molecule has 0 saturated heterocycles. The number of hydrogen-bond acceptors (Lipinski definition) is 1. The molecule has 1 heterocycles. The minimum absolute atomic E-state index is 0.0115. The zero-order valence-electron chi connectivity index (χ0n) is 8.42. The highest BCUT2D eigenvalue weighted by molar-refractivity contribution is 5.92. The van der Waals surface area contributed by atoms with Crippen LogP contribution in [0.25, 0.3) is 0 Å². The van der Waals surface area contributed by atoms with Crippen LogP contribution in [0.4, 0.5) is 0 Å². The van der Waals surface area contributed by atoms with Crippen molar-refractivity contribution in [2.45, 2.75) is 20.3 Å². The number of rotatable bonds is 3. The molecule has 0 aromatic carbocycles. The highest BCUT2D eigenvalue weighted by Gasteiger charge is 2.08. The van der Waals surface area contributed by atoms with Crippen LogP contribution in [0.2, 0.25) is 0 Å². The molecular weight excluding hydrogens is 164 g/mol. The number of amides is 1. The Balaban J connectivity index is 2.70. The van der Waals surface area contributed by atoms with Crippen molar-refractivity contribution in [3.05, 3.63) is 23.5 Å². The van der Waals surface area contributed by atoms with Crippen molar-refractivity contribution in [3.8, 4) is 0 Å². The third-order valence-electron chi connectivity index (χ3n) is 1.91. The monoisotopic (exact) mass is 180 g/mol. The largest absolute Gasteiger partial charge is 0.351 e. The van der Waals surface area contributed by atoms with Crippen LogP contribution in [0.5, 0.6) is 0 Å². The zero-order chi connectivity index (χ0) is 9.84. The van der Waals surface area contributed by atoms with Gasteiger partial charge in [0.2, 0.25) is 0 Å². The molecule has 3 nitrogen and oxygen atoms in total. The summed E-state index contributed by atoms with van der Waals surface area (Å²) in [7, 11) is 1.88. The van der Waals surface area contributed by atoms with E-state index < -0.39 is 0 Å². The number of carbonyl (C=O) groups is 1. The Morgan fingerprint density at radius 1 is 1.62 bits per heavy atom. The Hall–Kier alpha value is -1.25. The van der Waals surface area contributed by atoms with Crippen molar-refractivity contribution >= 4 is 5.91 Å². The van der Waals surface area contributed by atoms with E-state index in [1.165, 1.54) is 0 Å². The molecule has 13 heavy (non-hydrogen) atoms. The average molecular weight is 180 g/mol. The molecule has 0 aliphatic rings. The van der Waals surface area contributed by atoms with Crippen molar-refractivity contribution in [2.75, 3.05) is 6.54 Å². The topological polar surface area (TPSA) is 34.0 Å². The Labute approximate surface area is 78.8 Å². The Bertz CT molecular complexity index is 302. The summed E-state index contributed by atoms with van der Waals surface area (Å²) >= 11 is 0. The second kappa shape index (κ2) is 4.12. The molecule has 0 atom stereocenters. The van der Waals surface area contributed by atoms with Crippen LogP contribution < -0.4 is 5.32 Å². The number of nitrogens with zero attached hydrogens (tertiary/aromatic N) is 1. The maximum atomic E-state index is 11.5. The van der Waals surface area contributed by atoms with E-state index in [1.807, 2.05) is 37.7 Å². The summed E-state index contributed by atoms with van der Waals surface area (Å²) in [6, 6.07) is 1.89. The van der Waals surface area contributed by atoms with Gasteiger partial charge in [-0.05, 0) is 25.0 Å². The van der Waals surface area contributed by atoms with Gasteiger partial charge in [0.05, 0.1) is 0 Å². The number of carbonyl (C=O) groups excluding carboxylic acids is 1. The minimum atomic E-state index is 0.0115. The molecule has 1 aromatic heterocycles. The average Bonchev–Trinajstić information content (AvgIpc) is 2.41. The lowest BCUT2D eigenvalue weighted by Crippen LogP contribution is -2.25. The van der Waals surface area contributed by atoms with Crippen LogP contribution in [0.15, 0.2) is 12.3 Å². The fourth-order valence-corrected chi connectivity index (χ4v) is 1.28. The summed E-state index contributed by atoms with van der Waals surface area (Å²) in [4.78, 5) is 11.5. The second-order valence-electron chi connectivity index (χ2n) is 3.27. The normalized spacial score (nSPS) is 10.1. The van der Waals surface area contributed by atoms with Gasteiger partial charge >= 0.3 is 0 Å². The molecule has 0 unspecified atom stereocenters. The van der Waals surface area contributed by atoms with Gasteiger partial charge in [0.25, 0.3) is 5.91 Å². The fraction of sp³-hybridized carbons (Fsp3) is 0.500. The smallest absolute Gasteiger partial charge is 0.267 e. The van der Waals surface area contributed by atoms with E-state index in [0.29, 0.717) is 0 Å². The molecule has 72 valence electrons. The molecule has 0 spiro atoms. The molecule has 0 saturated carbocycles.